The molecule has 2 N–H and O–H groups in total. The van der Waals surface area contributed by atoms with Crippen LogP contribution >= 0.6 is 0 Å². The topological polar surface area (TPSA) is 89.8 Å². The van der Waals surface area contributed by atoms with Crippen LogP contribution in [0.1, 0.15) is 21.9 Å². The molecule has 1 aromatic carbocycles. The van der Waals surface area contributed by atoms with E-state index in [1.165, 1.54) is 12.2 Å². The Labute approximate surface area is 131 Å². The summed E-state index contributed by atoms with van der Waals surface area (Å²) in [5.74, 6) is 1.45. The minimum atomic E-state index is -0.479. The third-order valence-electron chi connectivity index (χ3n) is 3.09. The first kappa shape index (κ1) is 14.7. The van der Waals surface area contributed by atoms with E-state index in [2.05, 4.69) is 10.9 Å². The molecule has 118 valence electrons. The summed E-state index contributed by atoms with van der Waals surface area (Å²) >= 11 is 0. The number of carbonyl (C=O) groups excluding carboxylic acids is 2. The second kappa shape index (κ2) is 6.27. The highest BCUT2D eigenvalue weighted by atomic mass is 16.7. The highest BCUT2D eigenvalue weighted by Crippen LogP contribution is 2.32. The quantitative estimate of drug-likeness (QED) is 0.666. The van der Waals surface area contributed by atoms with Gasteiger partial charge in [-0.2, -0.15) is 0 Å². The molecule has 7 nitrogen and oxygen atoms in total. The van der Waals surface area contributed by atoms with E-state index in [0.29, 0.717) is 22.8 Å². The lowest BCUT2D eigenvalue weighted by Gasteiger charge is -2.05. The maximum atomic E-state index is 12.0. The second-order valence-electron chi connectivity index (χ2n) is 4.79. The molecule has 2 heterocycles. The van der Waals surface area contributed by atoms with Gasteiger partial charge in [0.15, 0.2) is 11.5 Å². The molecule has 0 unspecified atom stereocenters. The second-order valence-corrected chi connectivity index (χ2v) is 4.79. The number of furan rings is 1. The van der Waals surface area contributed by atoms with Crippen LogP contribution in [0.15, 0.2) is 40.8 Å². The molecule has 0 saturated carbocycles. The highest BCUT2D eigenvalue weighted by molar-refractivity contribution is 5.98. The molecule has 23 heavy (non-hydrogen) atoms. The van der Waals surface area contributed by atoms with Gasteiger partial charge >= 0.3 is 0 Å². The number of aryl methyl sites for hydroxylation is 1. The lowest BCUT2D eigenvalue weighted by Crippen LogP contribution is -2.40. The average Bonchev–Trinajstić information content (AvgIpc) is 3.18. The number of nitrogens with one attached hydrogen (secondary N) is 2. The molecule has 0 fully saturated rings. The molecule has 0 radical (unpaired) electrons. The van der Waals surface area contributed by atoms with Gasteiger partial charge in [0.25, 0.3) is 11.8 Å². The van der Waals surface area contributed by atoms with Crippen LogP contribution < -0.4 is 20.3 Å². The molecule has 1 aliphatic rings. The molecule has 2 amide bonds. The number of hydrogen-bond donors (Lipinski definition) is 2. The Morgan fingerprint density at radius 1 is 1.09 bits per heavy atom. The molecule has 0 bridgehead atoms. The van der Waals surface area contributed by atoms with Crippen LogP contribution in [0.3, 0.4) is 0 Å². The van der Waals surface area contributed by atoms with Crippen molar-refractivity contribution in [1.82, 2.24) is 10.9 Å². The highest BCUT2D eigenvalue weighted by Gasteiger charge is 2.16. The zero-order valence-corrected chi connectivity index (χ0v) is 12.3. The van der Waals surface area contributed by atoms with Crippen molar-refractivity contribution < 1.29 is 23.5 Å². The van der Waals surface area contributed by atoms with Crippen molar-refractivity contribution in [2.24, 2.45) is 0 Å². The molecule has 1 aliphatic heterocycles. The zero-order chi connectivity index (χ0) is 16.2. The maximum absolute atomic E-state index is 12.0. The fourth-order valence-corrected chi connectivity index (χ4v) is 1.97. The van der Waals surface area contributed by atoms with Crippen LogP contribution in [-0.2, 0) is 4.79 Å². The molecular formula is C16H14N2O5. The Bertz CT molecular complexity index is 779. The number of hydrazine groups is 1. The number of amides is 2. The number of ether oxygens (including phenoxy) is 2. The average molecular weight is 314 g/mol. The smallest absolute Gasteiger partial charge is 0.269 e. The Morgan fingerprint density at radius 3 is 2.70 bits per heavy atom. The largest absolute Gasteiger partial charge is 0.462 e. The first-order valence-corrected chi connectivity index (χ1v) is 6.86. The first-order valence-electron chi connectivity index (χ1n) is 6.86. The van der Waals surface area contributed by atoms with E-state index in [-0.39, 0.29) is 6.79 Å². The number of hydrogen-bond acceptors (Lipinski definition) is 5. The zero-order valence-electron chi connectivity index (χ0n) is 12.3. The van der Waals surface area contributed by atoms with Gasteiger partial charge in [0, 0.05) is 11.6 Å². The Morgan fingerprint density at radius 2 is 1.91 bits per heavy atom. The van der Waals surface area contributed by atoms with Gasteiger partial charge in [-0.25, -0.2) is 0 Å². The van der Waals surface area contributed by atoms with Crippen molar-refractivity contribution in [2.45, 2.75) is 6.92 Å². The van der Waals surface area contributed by atoms with Gasteiger partial charge in [-0.15, -0.1) is 0 Å². The fourth-order valence-electron chi connectivity index (χ4n) is 1.97. The van der Waals surface area contributed by atoms with Gasteiger partial charge in [-0.05, 0) is 43.3 Å². The van der Waals surface area contributed by atoms with Crippen LogP contribution in [0.25, 0.3) is 6.08 Å². The molecule has 0 saturated heterocycles. The molecule has 0 aliphatic carbocycles. The van der Waals surface area contributed by atoms with E-state index >= 15 is 0 Å². The van der Waals surface area contributed by atoms with Crippen LogP contribution in [0.5, 0.6) is 11.5 Å². The van der Waals surface area contributed by atoms with E-state index in [0.717, 1.165) is 5.76 Å². The summed E-state index contributed by atoms with van der Waals surface area (Å²) in [5.41, 5.74) is 4.95. The van der Waals surface area contributed by atoms with Gasteiger partial charge in [0.2, 0.25) is 6.79 Å². The lowest BCUT2D eigenvalue weighted by molar-refractivity contribution is -0.117. The third kappa shape index (κ3) is 3.52. The van der Waals surface area contributed by atoms with Crippen LogP contribution in [0.2, 0.25) is 0 Å². The molecule has 0 spiro atoms. The van der Waals surface area contributed by atoms with Crippen molar-refractivity contribution in [3.63, 3.8) is 0 Å². The normalized spacial score (nSPS) is 12.4. The van der Waals surface area contributed by atoms with Crippen LogP contribution in [-0.4, -0.2) is 18.6 Å². The molecule has 7 heteroatoms. The van der Waals surface area contributed by atoms with Gasteiger partial charge in [0.1, 0.15) is 11.5 Å². The van der Waals surface area contributed by atoms with E-state index in [4.69, 9.17) is 13.9 Å². The molecular weight excluding hydrogens is 300 g/mol. The van der Waals surface area contributed by atoms with Crippen molar-refractivity contribution in [3.8, 4) is 11.5 Å². The number of benzene rings is 1. The Balaban J connectivity index is 1.54. The number of carbonyl (C=O) groups is 2. The summed E-state index contributed by atoms with van der Waals surface area (Å²) in [6.07, 6.45) is 2.77. The van der Waals surface area contributed by atoms with Crippen molar-refractivity contribution in [2.75, 3.05) is 6.79 Å². The molecule has 1 aromatic heterocycles. The molecule has 2 aromatic rings. The van der Waals surface area contributed by atoms with E-state index in [1.807, 2.05) is 6.92 Å². The van der Waals surface area contributed by atoms with Gasteiger partial charge in [-0.1, -0.05) is 0 Å². The van der Waals surface area contributed by atoms with Gasteiger partial charge in [-0.3, -0.25) is 20.4 Å². The maximum Gasteiger partial charge on any atom is 0.269 e. The van der Waals surface area contributed by atoms with Crippen LogP contribution in [0.4, 0.5) is 0 Å². The number of fused-ring (bicyclic) bond motifs is 1. The molecule has 0 atom stereocenters. The Kier molecular flexibility index (Phi) is 4.01. The molecule has 3 rings (SSSR count). The monoisotopic (exact) mass is 314 g/mol. The number of rotatable bonds is 3. The van der Waals surface area contributed by atoms with Crippen LogP contribution in [0, 0.1) is 6.92 Å². The predicted molar refractivity (Wildman–Crippen MR) is 80.7 cm³/mol. The van der Waals surface area contributed by atoms with E-state index in [1.54, 1.807) is 30.3 Å². The third-order valence-corrected chi connectivity index (χ3v) is 3.09. The minimum Gasteiger partial charge on any atom is -0.462 e. The van der Waals surface area contributed by atoms with Gasteiger partial charge < -0.3 is 13.9 Å². The first-order chi connectivity index (χ1) is 11.1. The van der Waals surface area contributed by atoms with Gasteiger partial charge in [0.05, 0.1) is 0 Å². The van der Waals surface area contributed by atoms with E-state index in [9.17, 15) is 9.59 Å². The van der Waals surface area contributed by atoms with Crippen molar-refractivity contribution in [3.05, 3.63) is 53.5 Å². The van der Waals surface area contributed by atoms with Crippen molar-refractivity contribution in [1.29, 1.82) is 0 Å². The standard InChI is InChI=1S/C16H14N2O5/c1-10-2-4-12(23-10)5-7-15(19)17-18-16(20)11-3-6-13-14(8-11)22-9-21-13/h2-8H,9H2,1H3,(H,17,19)(H,18,20)/b7-5+. The summed E-state index contributed by atoms with van der Waals surface area (Å²) in [4.78, 5) is 23.6. The van der Waals surface area contributed by atoms with E-state index < -0.39 is 11.8 Å². The SMILES string of the molecule is Cc1ccc(/C=C/C(=O)NNC(=O)c2ccc3c(c2)OCO3)o1. The predicted octanol–water partition coefficient (Wildman–Crippen LogP) is 1.79. The summed E-state index contributed by atoms with van der Waals surface area (Å²) in [5, 5.41) is 0. The fraction of sp³-hybridized carbons (Fsp3) is 0.125. The summed E-state index contributed by atoms with van der Waals surface area (Å²) in [7, 11) is 0. The Hall–Kier alpha value is -3.22. The summed E-state index contributed by atoms with van der Waals surface area (Å²) < 4.78 is 15.7. The summed E-state index contributed by atoms with van der Waals surface area (Å²) in [6.45, 7) is 1.94. The summed E-state index contributed by atoms with van der Waals surface area (Å²) in [6, 6.07) is 8.29. The van der Waals surface area contributed by atoms with Crippen molar-refractivity contribution >= 4 is 17.9 Å². The minimum absolute atomic E-state index is 0.133. The lowest BCUT2D eigenvalue weighted by atomic mass is 10.2.